The van der Waals surface area contributed by atoms with Crippen LogP contribution in [0.15, 0.2) is 189 Å². The van der Waals surface area contributed by atoms with Crippen molar-refractivity contribution in [3.8, 4) is 23.0 Å². The van der Waals surface area contributed by atoms with Crippen LogP contribution < -0.4 is 51.7 Å². The fraction of sp³-hybridized carbons (Fsp3) is 0.300. The van der Waals surface area contributed by atoms with E-state index in [0.717, 1.165) is 59.7 Å². The number of amides is 4. The van der Waals surface area contributed by atoms with Crippen molar-refractivity contribution in [2.24, 2.45) is 11.5 Å². The van der Waals surface area contributed by atoms with Gasteiger partial charge in [-0.25, -0.2) is 74.2 Å². The standard InChI is InChI=1S/C30H30ClF3N4O4.C22H25F3N4O2.C18H15ClF2N2O3.C16H11ClF2N2O3.C14H21FN2O2/c1-19-26(38-15-21(31)14-25(27(38)36-19)41-17-22-23(33)10-6-11-24(22)34)28(39)35-18-30(2,12-7-13-32)37-29(40)42-16-20-8-4-3-5-9-20;1-14-19(21(30)27-13-22(2,26)9-5-10-23)29-11-4-8-18(20(29)28-14)31-12-15-16(24)6-3-7-17(15)25;1-3-25-18(24)16-10(2)22-17-15(7-11(19)8-23(16)17)26-9-12-13(20)5-4-6-14(12)21;1-8-14(16(22)23)21-6-9(17)5-13(15(21)20-8)24-7-10-11(18)3-2-4-12(10)19;1-14(11-16,8-5-9-15)17-13(18)19-10-12-6-3-2-4-7-12/h3-6,8-11,14-15H,7,12-13,16-18H2,1-2H3,(H,35,39)(H,37,40);3-4,6-8,11H,5,9-10,12-13,26H2,1-2H3,(H,27,30);4-8H,3,9H2,1-2H3;2-6H,7H2,1H3,(H,22,23);2-4,6-7H,5,8-11,16H2,1H3,(H,17,18). The van der Waals surface area contributed by atoms with Crippen LogP contribution >= 0.6 is 34.8 Å². The number of aryl methyl sites for hydroxylation is 4. The molecule has 0 saturated heterocycles. The summed E-state index contributed by atoms with van der Waals surface area (Å²) in [5, 5.41) is 20.9. The quantitative estimate of drug-likeness (QED) is 0.0108. The Morgan fingerprint density at radius 3 is 1.10 bits per heavy atom. The third-order valence-electron chi connectivity index (χ3n) is 21.7. The average molecular weight is 2040 g/mol. The zero-order chi connectivity index (χ0) is 103. The Balaban J connectivity index is 0.000000187. The zero-order valence-electron chi connectivity index (χ0n) is 78.1. The first-order valence-corrected chi connectivity index (χ1v) is 45.2. The third-order valence-corrected chi connectivity index (χ3v) is 22.3. The number of fused-ring (bicyclic) bond motifs is 4. The Morgan fingerprint density at radius 2 is 0.725 bits per heavy atom. The molecule has 8 aromatic heterocycles. The number of nitrogens with zero attached hydrogens (tertiary/aromatic N) is 8. The number of aromatic carboxylic acids is 1. The molecule has 42 heteroatoms. The van der Waals surface area contributed by atoms with E-state index in [1.807, 2.05) is 60.7 Å². The predicted molar refractivity (Wildman–Crippen MR) is 509 cm³/mol. The number of carbonyl (C=O) groups is 6. The summed E-state index contributed by atoms with van der Waals surface area (Å²) in [7, 11) is 0. The molecule has 0 spiro atoms. The van der Waals surface area contributed by atoms with E-state index < -0.39 is 120 Å². The number of carbonyl (C=O) groups excluding carboxylic acids is 5. The molecule has 9 N–H and O–H groups in total. The number of aromatic nitrogens is 8. The van der Waals surface area contributed by atoms with Gasteiger partial charge in [-0.2, -0.15) is 0 Å². The minimum Gasteiger partial charge on any atom is -0.485 e. The highest BCUT2D eigenvalue weighted by Crippen LogP contribution is 2.34. The number of hydrogen-bond donors (Lipinski definition) is 7. The van der Waals surface area contributed by atoms with Gasteiger partial charge in [0, 0.05) is 68.2 Å². The molecule has 3 unspecified atom stereocenters. The number of halogens is 14. The van der Waals surface area contributed by atoms with Crippen molar-refractivity contribution in [3.63, 3.8) is 0 Å². The van der Waals surface area contributed by atoms with Gasteiger partial charge in [-0.3, -0.25) is 40.4 Å². The SMILES string of the molecule is CC(CN)(CCCF)NC(=O)OCc1ccccc1.CCOC(=O)c1c(C)nc2c(OCc3c(F)cccc3F)cc(Cl)cn12.Cc1nc2c(OCc3c(F)cccc3F)cc(Cl)cn2c1C(=O)NCC(C)(CCCF)NC(=O)OCc1ccccc1.Cc1nc2c(OCc3c(F)cccc3F)cc(Cl)cn2c1C(=O)O.Cc1nc2c(OCc3c(F)cccc3F)cccn2c1C(=O)NCC(C)(N)CCCF. The number of carboxylic acid groups (broad SMARTS) is 1. The number of imidazole rings is 4. The van der Waals surface area contributed by atoms with Gasteiger partial charge in [-0.05, 0) is 166 Å². The fourth-order valence-corrected chi connectivity index (χ4v) is 14.9. The van der Waals surface area contributed by atoms with E-state index >= 15 is 0 Å². The van der Waals surface area contributed by atoms with E-state index in [-0.39, 0.29) is 172 Å². The number of rotatable bonds is 37. The lowest BCUT2D eigenvalue weighted by molar-refractivity contribution is 0.0516. The van der Waals surface area contributed by atoms with Crippen LogP contribution in [0.4, 0.5) is 57.9 Å². The van der Waals surface area contributed by atoms with Gasteiger partial charge in [0.2, 0.25) is 0 Å². The molecule has 0 aliphatic rings. The predicted octanol–water partition coefficient (Wildman–Crippen LogP) is 20.6. The van der Waals surface area contributed by atoms with Crippen molar-refractivity contribution in [2.75, 3.05) is 46.3 Å². The number of hydrogen-bond acceptors (Lipinski definition) is 19. The Bertz CT molecular complexity index is 6690. The average Bonchev–Trinajstić information content (AvgIpc) is 1.69. The smallest absolute Gasteiger partial charge is 0.407 e. The van der Waals surface area contributed by atoms with E-state index in [2.05, 4.69) is 41.2 Å². The molecule has 14 rings (SSSR count). The summed E-state index contributed by atoms with van der Waals surface area (Å²) in [6.45, 7) is 11.2. The molecule has 3 atom stereocenters. The van der Waals surface area contributed by atoms with Crippen molar-refractivity contribution < 1.29 is 115 Å². The van der Waals surface area contributed by atoms with Gasteiger partial charge in [0.25, 0.3) is 11.8 Å². The van der Waals surface area contributed by atoms with Crippen LogP contribution in [0.25, 0.3) is 22.6 Å². The number of nitrogens with two attached hydrogens (primary N) is 2. The van der Waals surface area contributed by atoms with Crippen LogP contribution in [0.2, 0.25) is 15.1 Å². The Hall–Kier alpha value is -14.3. The summed E-state index contributed by atoms with van der Waals surface area (Å²) in [6.07, 6.45) is 6.74. The first-order chi connectivity index (χ1) is 67.7. The van der Waals surface area contributed by atoms with Crippen molar-refractivity contribution in [1.29, 1.82) is 0 Å². The second-order valence-corrected chi connectivity index (χ2v) is 34.3. The maximum absolute atomic E-state index is 14.1. The topological polar surface area (TPSA) is 357 Å². The van der Waals surface area contributed by atoms with Gasteiger partial charge in [-0.1, -0.05) is 120 Å². The summed E-state index contributed by atoms with van der Waals surface area (Å²) < 4.78 is 192. The first-order valence-electron chi connectivity index (χ1n) is 44.1. The number of nitrogens with one attached hydrogen (secondary N) is 4. The minimum atomic E-state index is -1.17. The van der Waals surface area contributed by atoms with Gasteiger partial charge in [0.15, 0.2) is 57.0 Å². The zero-order valence-corrected chi connectivity index (χ0v) is 80.4. The molecular formula is C100H102Cl3F11N14O14. The Labute approximate surface area is 823 Å². The largest absolute Gasteiger partial charge is 0.485 e. The fourth-order valence-electron chi connectivity index (χ4n) is 14.3. The third kappa shape index (κ3) is 29.7. The molecule has 4 amide bonds. The lowest BCUT2D eigenvalue weighted by Crippen LogP contribution is -2.53. The molecule has 142 heavy (non-hydrogen) atoms. The van der Waals surface area contributed by atoms with Gasteiger partial charge in [0.05, 0.1) is 97.8 Å². The van der Waals surface area contributed by atoms with Crippen LogP contribution in [0.1, 0.15) is 164 Å². The summed E-state index contributed by atoms with van der Waals surface area (Å²) in [5.74, 6) is -7.78. The number of carboxylic acids is 1. The number of benzene rings is 6. The second-order valence-electron chi connectivity index (χ2n) is 33.0. The van der Waals surface area contributed by atoms with E-state index in [4.69, 9.17) is 79.4 Å². The van der Waals surface area contributed by atoms with Crippen molar-refractivity contribution in [2.45, 2.75) is 150 Å². The molecule has 0 fully saturated rings. The van der Waals surface area contributed by atoms with Crippen molar-refractivity contribution in [3.05, 3.63) is 329 Å². The molecule has 0 saturated carbocycles. The number of pyridine rings is 4. The lowest BCUT2D eigenvalue weighted by atomic mass is 9.96. The van der Waals surface area contributed by atoms with Crippen LogP contribution in [-0.4, -0.2) is 141 Å². The molecule has 14 aromatic rings. The number of ether oxygens (including phenoxy) is 7. The summed E-state index contributed by atoms with van der Waals surface area (Å²) in [6, 6.07) is 40.2. The molecule has 28 nitrogen and oxygen atoms in total. The highest BCUT2D eigenvalue weighted by atomic mass is 35.5. The maximum Gasteiger partial charge on any atom is 0.407 e. The first kappa shape index (κ1) is 110. The van der Waals surface area contributed by atoms with E-state index in [1.165, 1.54) is 81.2 Å². The number of alkyl carbamates (subject to hydrolysis) is 2. The van der Waals surface area contributed by atoms with Crippen LogP contribution in [0, 0.1) is 74.2 Å². The lowest BCUT2D eigenvalue weighted by Gasteiger charge is -2.30. The molecular weight excluding hydrogens is 1940 g/mol. The second kappa shape index (κ2) is 51.2. The summed E-state index contributed by atoms with van der Waals surface area (Å²) >= 11 is 18.4. The van der Waals surface area contributed by atoms with Gasteiger partial charge in [0.1, 0.15) is 97.6 Å². The summed E-state index contributed by atoms with van der Waals surface area (Å²) in [4.78, 5) is 91.2. The van der Waals surface area contributed by atoms with E-state index in [1.54, 1.807) is 71.2 Å². The Morgan fingerprint density at radius 1 is 0.401 bits per heavy atom. The molecule has 0 aliphatic heterocycles. The molecule has 754 valence electrons. The summed E-state index contributed by atoms with van der Waals surface area (Å²) in [5.41, 5.74) is 13.2. The van der Waals surface area contributed by atoms with E-state index in [0.29, 0.717) is 59.8 Å². The molecule has 0 radical (unpaired) electrons. The van der Waals surface area contributed by atoms with Crippen molar-refractivity contribution >= 4 is 93.3 Å². The normalized spacial score (nSPS) is 12.3. The molecule has 6 aromatic carbocycles. The maximum atomic E-state index is 14.1. The number of alkyl halides is 3. The van der Waals surface area contributed by atoms with Crippen LogP contribution in [0.5, 0.6) is 23.0 Å². The monoisotopic (exact) mass is 2040 g/mol. The highest BCUT2D eigenvalue weighted by Gasteiger charge is 2.33. The van der Waals surface area contributed by atoms with Gasteiger partial charge < -0.3 is 71.0 Å². The highest BCUT2D eigenvalue weighted by molar-refractivity contribution is 6.31. The minimum absolute atomic E-state index is 0.0462. The number of esters is 1. The molecule has 0 aliphatic carbocycles. The van der Waals surface area contributed by atoms with Gasteiger partial charge in [-0.15, -0.1) is 0 Å². The molecule has 8 heterocycles. The van der Waals surface area contributed by atoms with Crippen molar-refractivity contribution in [1.82, 2.24) is 58.8 Å². The van der Waals surface area contributed by atoms with Crippen LogP contribution in [-0.2, 0) is 53.9 Å². The van der Waals surface area contributed by atoms with E-state index in [9.17, 15) is 82.2 Å². The van der Waals surface area contributed by atoms with Gasteiger partial charge >= 0.3 is 24.1 Å². The van der Waals surface area contributed by atoms with Crippen LogP contribution in [0.3, 0.4) is 0 Å². The molecule has 0 bridgehead atoms. The Kier molecular flexibility index (Phi) is 39.6.